The van der Waals surface area contributed by atoms with E-state index in [1.54, 1.807) is 9.47 Å². The van der Waals surface area contributed by atoms with Crippen molar-refractivity contribution in [2.75, 3.05) is 19.7 Å². The Hall–Kier alpha value is -3.09. The molecule has 0 saturated heterocycles. The van der Waals surface area contributed by atoms with Crippen molar-refractivity contribution >= 4 is 34.0 Å². The van der Waals surface area contributed by atoms with Gasteiger partial charge in [0.15, 0.2) is 0 Å². The van der Waals surface area contributed by atoms with Crippen LogP contribution in [0.2, 0.25) is 0 Å². The monoisotopic (exact) mass is 538 g/mol. The number of ether oxygens (including phenoxy) is 2. The van der Waals surface area contributed by atoms with E-state index in [-0.39, 0.29) is 0 Å². The van der Waals surface area contributed by atoms with Gasteiger partial charge in [-0.3, -0.25) is 9.36 Å². The molecule has 0 aliphatic carbocycles. The molecule has 7 heteroatoms. The maximum Gasteiger partial charge on any atom is 0.419 e. The highest BCUT2D eigenvalue weighted by Gasteiger charge is 2.21. The van der Waals surface area contributed by atoms with Gasteiger partial charge in [0.1, 0.15) is 5.60 Å². The smallest absolute Gasteiger partial charge is 0.419 e. The fraction of sp³-hybridized carbons (Fsp3) is 0.419. The van der Waals surface area contributed by atoms with Gasteiger partial charge in [0.05, 0.1) is 18.7 Å². The van der Waals surface area contributed by atoms with Crippen LogP contribution in [0.15, 0.2) is 72.4 Å². The Morgan fingerprint density at radius 2 is 1.74 bits per heavy atom. The summed E-state index contributed by atoms with van der Waals surface area (Å²) in [6.45, 7) is 9.86. The first-order valence-electron chi connectivity index (χ1n) is 13.2. The van der Waals surface area contributed by atoms with Crippen molar-refractivity contribution in [2.24, 2.45) is 0 Å². The molecule has 0 bridgehead atoms. The molecule has 0 aliphatic rings. The van der Waals surface area contributed by atoms with Gasteiger partial charge in [0.2, 0.25) is 0 Å². The third-order valence-corrected chi connectivity index (χ3v) is 6.50. The number of amides is 1. The molecule has 0 unspecified atom stereocenters. The van der Waals surface area contributed by atoms with Crippen LogP contribution in [0.4, 0.5) is 9.59 Å². The summed E-state index contributed by atoms with van der Waals surface area (Å²) < 4.78 is 12.9. The van der Waals surface area contributed by atoms with Crippen LogP contribution in [-0.2, 0) is 22.5 Å². The first kappa shape index (κ1) is 29.5. The Morgan fingerprint density at radius 3 is 2.42 bits per heavy atom. The standard InChI is InChI=1S/C31H39ClN2O4/c1-5-24(18-21-37-23-25-12-7-6-8-13-25)14-11-19-33(29(32)35)20-17-26-22-34(30(36)38-31(2,3)4)28-16-10-9-15-27(26)28/h6-10,12-13,15-16,18,22H,5,11,14,17,19-21,23H2,1-4H3/b24-18+. The zero-order valence-corrected chi connectivity index (χ0v) is 23.7. The highest BCUT2D eigenvalue weighted by molar-refractivity contribution is 6.62. The van der Waals surface area contributed by atoms with E-state index in [1.165, 1.54) is 5.57 Å². The van der Waals surface area contributed by atoms with Crippen molar-refractivity contribution < 1.29 is 19.1 Å². The molecular formula is C31H39ClN2O4. The molecule has 3 rings (SSSR count). The molecule has 3 aromatic rings. The van der Waals surface area contributed by atoms with Crippen LogP contribution in [0, 0.1) is 0 Å². The number of rotatable bonds is 12. The average molecular weight is 539 g/mol. The SMILES string of the molecule is CC/C(=C\COCc1ccccc1)CCCN(CCc1cn(C(=O)OC(C)(C)C)c2ccccc12)C(=O)Cl. The molecule has 1 heterocycles. The number of allylic oxidation sites excluding steroid dienone is 1. The van der Waals surface area contributed by atoms with E-state index in [1.807, 2.05) is 69.4 Å². The zero-order chi connectivity index (χ0) is 27.5. The van der Waals surface area contributed by atoms with Gasteiger partial charge in [-0.2, -0.15) is 0 Å². The summed E-state index contributed by atoms with van der Waals surface area (Å²) in [6, 6.07) is 17.8. The number of benzene rings is 2. The molecule has 0 saturated carbocycles. The fourth-order valence-corrected chi connectivity index (χ4v) is 4.47. The van der Waals surface area contributed by atoms with Gasteiger partial charge in [-0.1, -0.05) is 67.1 Å². The van der Waals surface area contributed by atoms with Crippen LogP contribution < -0.4 is 0 Å². The van der Waals surface area contributed by atoms with Crippen LogP contribution in [0.1, 0.15) is 58.1 Å². The van der Waals surface area contributed by atoms with Crippen LogP contribution in [0.5, 0.6) is 0 Å². The van der Waals surface area contributed by atoms with E-state index in [0.717, 1.165) is 41.3 Å². The van der Waals surface area contributed by atoms with E-state index in [9.17, 15) is 9.59 Å². The summed E-state index contributed by atoms with van der Waals surface area (Å²) in [5.74, 6) is 0. The Morgan fingerprint density at radius 1 is 1.03 bits per heavy atom. The number of fused-ring (bicyclic) bond motifs is 1. The Labute approximate surface area is 231 Å². The number of carbonyl (C=O) groups is 2. The van der Waals surface area contributed by atoms with E-state index >= 15 is 0 Å². The van der Waals surface area contributed by atoms with Gasteiger partial charge >= 0.3 is 11.5 Å². The summed E-state index contributed by atoms with van der Waals surface area (Å²) in [5, 5.41) is 0.501. The minimum Gasteiger partial charge on any atom is -0.443 e. The first-order valence-corrected chi connectivity index (χ1v) is 13.6. The topological polar surface area (TPSA) is 60.8 Å². The maximum atomic E-state index is 12.8. The van der Waals surface area contributed by atoms with Gasteiger partial charge in [0.25, 0.3) is 0 Å². The predicted molar refractivity (Wildman–Crippen MR) is 154 cm³/mol. The van der Waals surface area contributed by atoms with E-state index in [2.05, 4.69) is 25.1 Å². The van der Waals surface area contributed by atoms with Crippen molar-refractivity contribution in [3.8, 4) is 0 Å². The maximum absolute atomic E-state index is 12.8. The molecule has 38 heavy (non-hydrogen) atoms. The third kappa shape index (κ3) is 9.03. The molecule has 1 aromatic heterocycles. The summed E-state index contributed by atoms with van der Waals surface area (Å²) in [4.78, 5) is 26.6. The van der Waals surface area contributed by atoms with Crippen LogP contribution in [0.25, 0.3) is 10.9 Å². The summed E-state index contributed by atoms with van der Waals surface area (Å²) in [7, 11) is 0. The lowest BCUT2D eigenvalue weighted by atomic mass is 10.1. The largest absolute Gasteiger partial charge is 0.443 e. The van der Waals surface area contributed by atoms with Gasteiger partial charge in [-0.25, -0.2) is 4.79 Å². The number of para-hydroxylation sites is 1. The molecule has 2 aromatic carbocycles. The Balaban J connectivity index is 1.55. The highest BCUT2D eigenvalue weighted by Crippen LogP contribution is 2.24. The number of carbonyl (C=O) groups excluding carboxylic acids is 2. The number of nitrogens with zero attached hydrogens (tertiary/aromatic N) is 2. The second-order valence-corrected chi connectivity index (χ2v) is 10.7. The summed E-state index contributed by atoms with van der Waals surface area (Å²) in [6.07, 6.45) is 6.74. The summed E-state index contributed by atoms with van der Waals surface area (Å²) in [5.41, 5.74) is 3.63. The van der Waals surface area contributed by atoms with Crippen molar-refractivity contribution in [3.63, 3.8) is 0 Å². The van der Waals surface area contributed by atoms with Crippen molar-refractivity contribution in [1.82, 2.24) is 9.47 Å². The molecular weight excluding hydrogens is 500 g/mol. The molecule has 0 spiro atoms. The third-order valence-electron chi connectivity index (χ3n) is 6.27. The van der Waals surface area contributed by atoms with Gasteiger partial charge in [-0.05, 0) is 75.2 Å². The fourth-order valence-electron chi connectivity index (χ4n) is 4.30. The predicted octanol–water partition coefficient (Wildman–Crippen LogP) is 7.96. The lowest BCUT2D eigenvalue weighted by Crippen LogP contribution is -2.29. The number of hydrogen-bond acceptors (Lipinski definition) is 4. The van der Waals surface area contributed by atoms with Crippen LogP contribution in [0.3, 0.4) is 0 Å². The molecule has 0 fully saturated rings. The first-order chi connectivity index (χ1) is 18.2. The summed E-state index contributed by atoms with van der Waals surface area (Å²) >= 11 is 5.94. The van der Waals surface area contributed by atoms with Gasteiger partial charge in [-0.15, -0.1) is 0 Å². The zero-order valence-electron chi connectivity index (χ0n) is 22.9. The van der Waals surface area contributed by atoms with Crippen LogP contribution >= 0.6 is 11.6 Å². The molecule has 0 aliphatic heterocycles. The van der Waals surface area contributed by atoms with Gasteiger partial charge in [0, 0.05) is 24.7 Å². The normalized spacial score (nSPS) is 12.1. The lowest BCUT2D eigenvalue weighted by molar-refractivity contribution is 0.0544. The van der Waals surface area contributed by atoms with E-state index < -0.39 is 17.1 Å². The number of hydrogen-bond donors (Lipinski definition) is 0. The molecule has 204 valence electrons. The van der Waals surface area contributed by atoms with Crippen molar-refractivity contribution in [2.45, 2.75) is 65.6 Å². The quantitative estimate of drug-likeness (QED) is 0.101. The van der Waals surface area contributed by atoms with E-state index in [0.29, 0.717) is 32.7 Å². The Kier molecular flexibility index (Phi) is 11.0. The molecule has 0 N–H and O–H groups in total. The second-order valence-electron chi connectivity index (χ2n) is 10.3. The van der Waals surface area contributed by atoms with E-state index in [4.69, 9.17) is 21.1 Å². The Bertz CT molecular complexity index is 1230. The number of halogens is 1. The van der Waals surface area contributed by atoms with Crippen molar-refractivity contribution in [3.05, 3.63) is 83.6 Å². The molecule has 1 amide bonds. The van der Waals surface area contributed by atoms with Gasteiger partial charge < -0.3 is 14.4 Å². The minimum absolute atomic E-state index is 0.420. The minimum atomic E-state index is -0.593. The molecule has 0 radical (unpaired) electrons. The van der Waals surface area contributed by atoms with Crippen molar-refractivity contribution in [1.29, 1.82) is 0 Å². The molecule has 0 atom stereocenters. The second kappa shape index (κ2) is 14.2. The highest BCUT2D eigenvalue weighted by atomic mass is 35.5. The number of aromatic nitrogens is 1. The average Bonchev–Trinajstić information content (AvgIpc) is 3.25. The molecule has 6 nitrogen and oxygen atoms in total. The lowest BCUT2D eigenvalue weighted by Gasteiger charge is -2.20. The van der Waals surface area contributed by atoms with Crippen LogP contribution in [-0.4, -0.2) is 46.2 Å².